The third-order valence-electron chi connectivity index (χ3n) is 1.60. The first-order chi connectivity index (χ1) is 4.54. The van der Waals surface area contributed by atoms with Crippen molar-refractivity contribution in [3.63, 3.8) is 0 Å². The zero-order valence-corrected chi connectivity index (χ0v) is 7.02. The first-order valence-electron chi connectivity index (χ1n) is 3.74. The molecule has 0 amide bonds. The van der Waals surface area contributed by atoms with Crippen molar-refractivity contribution in [1.82, 2.24) is 0 Å². The number of aliphatic hydroxyl groups is 1. The summed E-state index contributed by atoms with van der Waals surface area (Å²) in [5.41, 5.74) is -0.867. The average Bonchev–Trinajstić information content (AvgIpc) is 1.87. The standard InChI is InChI=1S/C9H16O/c1-5-9(10,6-2)7-8(3)4/h1,8,10H,6-7H2,2-4H3. The highest BCUT2D eigenvalue weighted by Crippen LogP contribution is 2.18. The van der Waals surface area contributed by atoms with Gasteiger partial charge in [0.1, 0.15) is 5.60 Å². The van der Waals surface area contributed by atoms with Crippen molar-refractivity contribution in [1.29, 1.82) is 0 Å². The van der Waals surface area contributed by atoms with Crippen LogP contribution in [0.4, 0.5) is 0 Å². The maximum atomic E-state index is 9.56. The minimum Gasteiger partial charge on any atom is -0.378 e. The van der Waals surface area contributed by atoms with Crippen molar-refractivity contribution in [3.05, 3.63) is 0 Å². The Morgan fingerprint density at radius 1 is 1.60 bits per heavy atom. The maximum absolute atomic E-state index is 9.56. The Bertz CT molecular complexity index is 132. The third-order valence-corrected chi connectivity index (χ3v) is 1.60. The normalized spacial score (nSPS) is 16.4. The van der Waals surface area contributed by atoms with Gasteiger partial charge in [-0.25, -0.2) is 0 Å². The van der Waals surface area contributed by atoms with E-state index in [1.807, 2.05) is 6.92 Å². The molecule has 0 spiro atoms. The van der Waals surface area contributed by atoms with E-state index in [1.165, 1.54) is 0 Å². The highest BCUT2D eigenvalue weighted by molar-refractivity contribution is 5.06. The van der Waals surface area contributed by atoms with Gasteiger partial charge in [0, 0.05) is 0 Å². The van der Waals surface area contributed by atoms with Crippen LogP contribution in [0.15, 0.2) is 0 Å². The summed E-state index contributed by atoms with van der Waals surface area (Å²) >= 11 is 0. The lowest BCUT2D eigenvalue weighted by Crippen LogP contribution is -2.27. The molecular formula is C9H16O. The van der Waals surface area contributed by atoms with E-state index in [4.69, 9.17) is 6.42 Å². The maximum Gasteiger partial charge on any atom is 0.125 e. The summed E-state index contributed by atoms with van der Waals surface area (Å²) in [5, 5.41) is 9.56. The van der Waals surface area contributed by atoms with E-state index in [2.05, 4.69) is 19.8 Å². The molecule has 1 unspecified atom stereocenters. The van der Waals surface area contributed by atoms with Crippen LogP contribution >= 0.6 is 0 Å². The second kappa shape index (κ2) is 3.63. The lowest BCUT2D eigenvalue weighted by atomic mass is 9.91. The fraction of sp³-hybridized carbons (Fsp3) is 0.778. The third kappa shape index (κ3) is 2.89. The van der Waals surface area contributed by atoms with Crippen molar-refractivity contribution >= 4 is 0 Å². The summed E-state index contributed by atoms with van der Waals surface area (Å²) in [6.07, 6.45) is 6.50. The molecule has 0 fully saturated rings. The quantitative estimate of drug-likeness (QED) is 0.593. The first kappa shape index (κ1) is 9.52. The van der Waals surface area contributed by atoms with Gasteiger partial charge in [-0.2, -0.15) is 0 Å². The smallest absolute Gasteiger partial charge is 0.125 e. The molecule has 10 heavy (non-hydrogen) atoms. The summed E-state index contributed by atoms with van der Waals surface area (Å²) < 4.78 is 0. The molecule has 0 saturated heterocycles. The molecule has 0 aromatic rings. The fourth-order valence-corrected chi connectivity index (χ4v) is 0.981. The van der Waals surface area contributed by atoms with E-state index in [0.717, 1.165) is 0 Å². The Kier molecular flexibility index (Phi) is 3.46. The average molecular weight is 140 g/mol. The number of terminal acetylenes is 1. The lowest BCUT2D eigenvalue weighted by molar-refractivity contribution is 0.0743. The van der Waals surface area contributed by atoms with Gasteiger partial charge in [-0.15, -0.1) is 6.42 Å². The molecule has 0 saturated carbocycles. The molecule has 58 valence electrons. The van der Waals surface area contributed by atoms with Gasteiger partial charge in [-0.1, -0.05) is 26.7 Å². The van der Waals surface area contributed by atoms with Crippen LogP contribution < -0.4 is 0 Å². The van der Waals surface area contributed by atoms with E-state index in [0.29, 0.717) is 18.8 Å². The van der Waals surface area contributed by atoms with E-state index >= 15 is 0 Å². The molecule has 0 aliphatic rings. The van der Waals surface area contributed by atoms with Crippen molar-refractivity contribution in [3.8, 4) is 12.3 Å². The minimum atomic E-state index is -0.867. The monoisotopic (exact) mass is 140 g/mol. The second-order valence-corrected chi connectivity index (χ2v) is 3.13. The molecule has 0 aromatic carbocycles. The number of rotatable bonds is 3. The van der Waals surface area contributed by atoms with Crippen LogP contribution in [-0.2, 0) is 0 Å². The Morgan fingerprint density at radius 3 is 2.20 bits per heavy atom. The summed E-state index contributed by atoms with van der Waals surface area (Å²) in [6, 6.07) is 0. The summed E-state index contributed by atoms with van der Waals surface area (Å²) in [4.78, 5) is 0. The van der Waals surface area contributed by atoms with Crippen LogP contribution in [0.3, 0.4) is 0 Å². The number of hydrogen-bond acceptors (Lipinski definition) is 1. The highest BCUT2D eigenvalue weighted by Gasteiger charge is 2.21. The SMILES string of the molecule is C#CC(O)(CC)CC(C)C. The zero-order chi connectivity index (χ0) is 8.20. The molecule has 0 rings (SSSR count). The van der Waals surface area contributed by atoms with E-state index in [1.54, 1.807) is 0 Å². The molecule has 0 heterocycles. The first-order valence-corrected chi connectivity index (χ1v) is 3.74. The van der Waals surface area contributed by atoms with Crippen molar-refractivity contribution in [2.45, 2.75) is 39.2 Å². The molecule has 0 aliphatic heterocycles. The Balaban J connectivity index is 3.97. The zero-order valence-electron chi connectivity index (χ0n) is 7.02. The van der Waals surface area contributed by atoms with Crippen LogP contribution in [0, 0.1) is 18.3 Å². The van der Waals surface area contributed by atoms with Crippen LogP contribution in [0.25, 0.3) is 0 Å². The topological polar surface area (TPSA) is 20.2 Å². The molecule has 0 bridgehead atoms. The van der Waals surface area contributed by atoms with Crippen LogP contribution in [0.1, 0.15) is 33.6 Å². The van der Waals surface area contributed by atoms with Gasteiger partial charge in [0.2, 0.25) is 0 Å². The predicted octanol–water partition coefficient (Wildman–Crippen LogP) is 1.81. The Hall–Kier alpha value is -0.480. The van der Waals surface area contributed by atoms with Crippen LogP contribution in [0.2, 0.25) is 0 Å². The molecule has 0 aromatic heterocycles. The number of hydrogen-bond donors (Lipinski definition) is 1. The van der Waals surface area contributed by atoms with E-state index in [9.17, 15) is 5.11 Å². The van der Waals surface area contributed by atoms with Gasteiger partial charge in [0.15, 0.2) is 0 Å². The van der Waals surface area contributed by atoms with Gasteiger partial charge in [-0.05, 0) is 18.8 Å². The van der Waals surface area contributed by atoms with Crippen LogP contribution in [0.5, 0.6) is 0 Å². The molecule has 1 heteroatoms. The fourth-order valence-electron chi connectivity index (χ4n) is 0.981. The summed E-state index contributed by atoms with van der Waals surface area (Å²) in [5.74, 6) is 2.87. The lowest BCUT2D eigenvalue weighted by Gasteiger charge is -2.21. The Morgan fingerprint density at radius 2 is 2.10 bits per heavy atom. The van der Waals surface area contributed by atoms with Gasteiger partial charge < -0.3 is 5.11 Å². The molecule has 0 radical (unpaired) electrons. The van der Waals surface area contributed by atoms with Gasteiger partial charge in [0.25, 0.3) is 0 Å². The summed E-state index contributed by atoms with van der Waals surface area (Å²) in [7, 11) is 0. The van der Waals surface area contributed by atoms with E-state index < -0.39 is 5.60 Å². The van der Waals surface area contributed by atoms with Crippen molar-refractivity contribution in [2.75, 3.05) is 0 Å². The molecule has 1 nitrogen and oxygen atoms in total. The van der Waals surface area contributed by atoms with Crippen molar-refractivity contribution < 1.29 is 5.11 Å². The minimum absolute atomic E-state index is 0.459. The van der Waals surface area contributed by atoms with Gasteiger partial charge in [-0.3, -0.25) is 0 Å². The predicted molar refractivity (Wildman–Crippen MR) is 43.5 cm³/mol. The van der Waals surface area contributed by atoms with Gasteiger partial charge >= 0.3 is 0 Å². The largest absolute Gasteiger partial charge is 0.378 e. The second-order valence-electron chi connectivity index (χ2n) is 3.13. The molecule has 1 atom stereocenters. The molecule has 1 N–H and O–H groups in total. The molecular weight excluding hydrogens is 124 g/mol. The van der Waals surface area contributed by atoms with E-state index in [-0.39, 0.29) is 0 Å². The van der Waals surface area contributed by atoms with Gasteiger partial charge in [0.05, 0.1) is 0 Å². The highest BCUT2D eigenvalue weighted by atomic mass is 16.3. The summed E-state index contributed by atoms with van der Waals surface area (Å²) in [6.45, 7) is 6.01. The molecule has 0 aliphatic carbocycles. The van der Waals surface area contributed by atoms with Crippen molar-refractivity contribution in [2.24, 2.45) is 5.92 Å². The van der Waals surface area contributed by atoms with Crippen LogP contribution in [-0.4, -0.2) is 10.7 Å². The Labute approximate surface area is 63.5 Å².